The molecule has 11 heteroatoms. The molecule has 0 bridgehead atoms. The predicted molar refractivity (Wildman–Crippen MR) is 94.2 cm³/mol. The van der Waals surface area contributed by atoms with E-state index in [1.165, 1.54) is 16.7 Å². The lowest BCUT2D eigenvalue weighted by atomic mass is 10.4. The molecule has 0 saturated carbocycles. The van der Waals surface area contributed by atoms with Gasteiger partial charge in [-0.2, -0.15) is 9.57 Å². The minimum Gasteiger partial charge on any atom is -0.291 e. The van der Waals surface area contributed by atoms with Gasteiger partial charge in [0.05, 0.1) is 11.7 Å². The van der Waals surface area contributed by atoms with Gasteiger partial charge in [-0.25, -0.2) is 8.42 Å². The fraction of sp³-hybridized carbons (Fsp3) is 0.357. The van der Waals surface area contributed by atoms with E-state index in [9.17, 15) is 8.42 Å². The molecule has 1 aliphatic rings. The first-order valence-corrected chi connectivity index (χ1v) is 9.98. The largest absolute Gasteiger partial charge is 0.291 e. The summed E-state index contributed by atoms with van der Waals surface area (Å²) in [6, 6.07) is 6.70. The van der Waals surface area contributed by atoms with E-state index in [1.54, 1.807) is 16.7 Å². The number of piperazine rings is 1. The summed E-state index contributed by atoms with van der Waals surface area (Å²) in [5.74, 6) is 0.233. The summed E-state index contributed by atoms with van der Waals surface area (Å²) in [7, 11) is -3.64. The molecule has 3 rings (SSSR count). The number of aromatic nitrogens is 3. The average molecular weight is 446 g/mol. The third kappa shape index (κ3) is 3.86. The maximum absolute atomic E-state index is 12.8. The molecule has 1 aromatic carbocycles. The number of nitriles is 1. The highest BCUT2D eigenvalue weighted by atomic mass is 79.9. The van der Waals surface area contributed by atoms with E-state index in [0.717, 1.165) is 4.47 Å². The van der Waals surface area contributed by atoms with Crippen molar-refractivity contribution in [3.05, 3.63) is 39.8 Å². The summed E-state index contributed by atoms with van der Waals surface area (Å²) in [4.78, 5) is 2.15. The van der Waals surface area contributed by atoms with Crippen LogP contribution in [-0.4, -0.2) is 58.6 Å². The third-order valence-corrected chi connectivity index (χ3v) is 6.79. The molecule has 0 amide bonds. The standard InChI is InChI=1S/C14H14BrClN6O2S/c15-11-1-2-13(12(16)7-11)25(23,24)22-5-3-20(4-6-22)10-21-9-18-19-14(21)8-17/h1-2,7,9H,3-6,10H2. The molecule has 2 heterocycles. The van der Waals surface area contributed by atoms with E-state index >= 15 is 0 Å². The minimum absolute atomic E-state index is 0.108. The van der Waals surface area contributed by atoms with Crippen LogP contribution in [0.25, 0.3) is 0 Å². The van der Waals surface area contributed by atoms with Gasteiger partial charge in [-0.05, 0) is 18.2 Å². The molecule has 0 N–H and O–H groups in total. The molecule has 25 heavy (non-hydrogen) atoms. The van der Waals surface area contributed by atoms with Crippen LogP contribution in [0, 0.1) is 11.3 Å². The highest BCUT2D eigenvalue weighted by molar-refractivity contribution is 9.10. The monoisotopic (exact) mass is 444 g/mol. The maximum Gasteiger partial charge on any atom is 0.244 e. The van der Waals surface area contributed by atoms with E-state index in [1.807, 2.05) is 11.0 Å². The van der Waals surface area contributed by atoms with Crippen molar-refractivity contribution in [1.82, 2.24) is 24.0 Å². The lowest BCUT2D eigenvalue weighted by Gasteiger charge is -2.34. The molecule has 8 nitrogen and oxygen atoms in total. The van der Waals surface area contributed by atoms with Crippen LogP contribution >= 0.6 is 27.5 Å². The predicted octanol–water partition coefficient (Wildman–Crippen LogP) is 1.53. The zero-order valence-electron chi connectivity index (χ0n) is 13.0. The molecular weight excluding hydrogens is 432 g/mol. The van der Waals surface area contributed by atoms with Gasteiger partial charge in [-0.3, -0.25) is 9.47 Å². The van der Waals surface area contributed by atoms with Crippen molar-refractivity contribution in [2.75, 3.05) is 26.2 Å². The minimum atomic E-state index is -3.64. The van der Waals surface area contributed by atoms with E-state index in [4.69, 9.17) is 16.9 Å². The SMILES string of the molecule is N#Cc1nncn1CN1CCN(S(=O)(=O)c2ccc(Br)cc2Cl)CC1. The Balaban J connectivity index is 1.68. The van der Waals surface area contributed by atoms with Gasteiger partial charge in [0.25, 0.3) is 0 Å². The molecule has 0 radical (unpaired) electrons. The number of hydrogen-bond donors (Lipinski definition) is 0. The van der Waals surface area contributed by atoms with Gasteiger partial charge in [0.15, 0.2) is 0 Å². The first kappa shape index (κ1) is 18.3. The van der Waals surface area contributed by atoms with Gasteiger partial charge in [-0.1, -0.05) is 27.5 Å². The summed E-state index contributed by atoms with van der Waals surface area (Å²) in [5, 5.41) is 16.6. The Bertz CT molecular complexity index is 918. The van der Waals surface area contributed by atoms with Gasteiger partial charge in [0, 0.05) is 30.7 Å². The van der Waals surface area contributed by atoms with E-state index in [-0.39, 0.29) is 15.7 Å². The van der Waals surface area contributed by atoms with Crippen LogP contribution in [0.5, 0.6) is 0 Å². The summed E-state index contributed by atoms with van der Waals surface area (Å²) in [6.07, 6.45) is 1.49. The van der Waals surface area contributed by atoms with Crippen LogP contribution in [-0.2, 0) is 16.7 Å². The smallest absolute Gasteiger partial charge is 0.244 e. The van der Waals surface area contributed by atoms with E-state index in [0.29, 0.717) is 32.8 Å². The third-order valence-electron chi connectivity index (χ3n) is 3.91. The summed E-state index contributed by atoms with van der Waals surface area (Å²) in [5.41, 5.74) is 0. The van der Waals surface area contributed by atoms with Crippen LogP contribution in [0.1, 0.15) is 5.82 Å². The molecule has 2 aromatic rings. The van der Waals surface area contributed by atoms with Crippen molar-refractivity contribution in [3.63, 3.8) is 0 Å². The number of benzene rings is 1. The topological polar surface area (TPSA) is 95.1 Å². The average Bonchev–Trinajstić information content (AvgIpc) is 3.02. The Morgan fingerprint density at radius 1 is 1.28 bits per heavy atom. The second-order valence-corrected chi connectivity index (χ2v) is 8.70. The van der Waals surface area contributed by atoms with Crippen molar-refractivity contribution in [2.24, 2.45) is 0 Å². The molecule has 0 atom stereocenters. The number of rotatable bonds is 4. The van der Waals surface area contributed by atoms with Crippen LogP contribution in [0.3, 0.4) is 0 Å². The Morgan fingerprint density at radius 2 is 2.00 bits per heavy atom. The molecule has 1 fully saturated rings. The lowest BCUT2D eigenvalue weighted by molar-refractivity contribution is 0.151. The Morgan fingerprint density at radius 3 is 2.64 bits per heavy atom. The van der Waals surface area contributed by atoms with Crippen molar-refractivity contribution >= 4 is 37.6 Å². The second-order valence-electron chi connectivity index (χ2n) is 5.47. The van der Waals surface area contributed by atoms with Crippen molar-refractivity contribution < 1.29 is 8.42 Å². The summed E-state index contributed by atoms with van der Waals surface area (Å²) in [6.45, 7) is 2.22. The molecule has 0 unspecified atom stereocenters. The van der Waals surface area contributed by atoms with Crippen molar-refractivity contribution in [2.45, 2.75) is 11.6 Å². The molecule has 1 saturated heterocycles. The molecular formula is C14H14BrClN6O2S. The zero-order valence-corrected chi connectivity index (χ0v) is 16.2. The molecule has 0 aliphatic carbocycles. The van der Waals surface area contributed by atoms with Crippen LogP contribution in [0.15, 0.2) is 33.9 Å². The van der Waals surface area contributed by atoms with Gasteiger partial charge in [-0.15, -0.1) is 10.2 Å². The van der Waals surface area contributed by atoms with Gasteiger partial charge < -0.3 is 0 Å². The van der Waals surface area contributed by atoms with Gasteiger partial charge >= 0.3 is 0 Å². The normalized spacial score (nSPS) is 16.7. The van der Waals surface area contributed by atoms with Gasteiger partial charge in [0.2, 0.25) is 15.8 Å². The van der Waals surface area contributed by atoms with Crippen molar-refractivity contribution in [1.29, 1.82) is 5.26 Å². The molecule has 0 spiro atoms. The summed E-state index contributed by atoms with van der Waals surface area (Å²) < 4.78 is 29.4. The second kappa shape index (κ2) is 7.39. The lowest BCUT2D eigenvalue weighted by Crippen LogP contribution is -2.48. The first-order valence-electron chi connectivity index (χ1n) is 7.37. The van der Waals surface area contributed by atoms with E-state index in [2.05, 4.69) is 26.1 Å². The van der Waals surface area contributed by atoms with Crippen LogP contribution in [0.4, 0.5) is 0 Å². The molecule has 1 aliphatic heterocycles. The van der Waals surface area contributed by atoms with E-state index < -0.39 is 10.0 Å². The Kier molecular flexibility index (Phi) is 5.41. The molecule has 132 valence electrons. The number of sulfonamides is 1. The van der Waals surface area contributed by atoms with Crippen LogP contribution in [0.2, 0.25) is 5.02 Å². The van der Waals surface area contributed by atoms with Crippen LogP contribution < -0.4 is 0 Å². The first-order chi connectivity index (χ1) is 11.9. The number of hydrogen-bond acceptors (Lipinski definition) is 6. The van der Waals surface area contributed by atoms with Crippen molar-refractivity contribution in [3.8, 4) is 6.07 Å². The Hall–Kier alpha value is -1.51. The highest BCUT2D eigenvalue weighted by Crippen LogP contribution is 2.28. The number of halogens is 2. The quantitative estimate of drug-likeness (QED) is 0.708. The highest BCUT2D eigenvalue weighted by Gasteiger charge is 2.30. The fourth-order valence-corrected chi connectivity index (χ4v) is 5.03. The zero-order chi connectivity index (χ0) is 18.0. The molecule has 1 aromatic heterocycles. The maximum atomic E-state index is 12.8. The number of nitrogens with zero attached hydrogens (tertiary/aromatic N) is 6. The Labute approximate surface area is 158 Å². The van der Waals surface area contributed by atoms with Gasteiger partial charge in [0.1, 0.15) is 17.3 Å². The fourth-order valence-electron chi connectivity index (χ4n) is 2.60. The summed E-state index contributed by atoms with van der Waals surface area (Å²) >= 11 is 9.37.